The van der Waals surface area contributed by atoms with Gasteiger partial charge in [0.25, 0.3) is 0 Å². The molecule has 0 saturated heterocycles. The minimum atomic E-state index is -7.22. The van der Waals surface area contributed by atoms with Gasteiger partial charge >= 0.3 is 32.8 Å². The van der Waals surface area contributed by atoms with Crippen molar-refractivity contribution >= 4 is 0 Å². The van der Waals surface area contributed by atoms with Crippen LogP contribution < -0.4 is 0 Å². The molecule has 0 saturated carbocycles. The third-order valence-electron chi connectivity index (χ3n) is 0.478. The summed E-state index contributed by atoms with van der Waals surface area (Å²) in [7, 11) is 0. The number of hydrogen-bond donors (Lipinski definition) is 2. The van der Waals surface area contributed by atoms with Gasteiger partial charge in [-0.05, 0) is 0 Å². The Morgan fingerprint density at radius 1 is 0.833 bits per heavy atom. The fourth-order valence-electron chi connectivity index (χ4n) is 0.253. The largest absolute Gasteiger partial charge is 0.262 e. The van der Waals surface area contributed by atoms with Gasteiger partial charge in [0.05, 0.1) is 0 Å². The van der Waals surface area contributed by atoms with E-state index in [0.29, 0.717) is 0 Å². The van der Waals surface area contributed by atoms with Crippen LogP contribution in [0.2, 0.25) is 0 Å². The molecular formula is C4H6N2O5Ru. The van der Waals surface area contributed by atoms with Gasteiger partial charge in [0, 0.05) is 24.8 Å². The van der Waals surface area contributed by atoms with Crippen molar-refractivity contribution in [3.05, 3.63) is 24.8 Å². The van der Waals surface area contributed by atoms with Crippen LogP contribution in [0.5, 0.6) is 0 Å². The van der Waals surface area contributed by atoms with Crippen LogP contribution in [-0.2, 0) is 24.9 Å². The standard InChI is InChI=1S/C4H4N2.2H2O.3O.Ru/c1-2-6-4-3-5-1;;;;;;/h1-4H;2*1H2;;;;/q;;;;;;+2/p-2. The predicted molar refractivity (Wildman–Crippen MR) is 28.5 cm³/mol. The van der Waals surface area contributed by atoms with Crippen LogP contribution >= 0.6 is 0 Å². The molecular weight excluding hydrogens is 257 g/mol. The molecule has 0 aliphatic heterocycles. The predicted octanol–water partition coefficient (Wildman–Crippen LogP) is -0.996. The van der Waals surface area contributed by atoms with Crippen LogP contribution in [0.25, 0.3) is 0 Å². The number of hydrogen-bond acceptors (Lipinski definition) is 5. The smallest absolute Gasteiger partial charge is 0.0451 e. The summed E-state index contributed by atoms with van der Waals surface area (Å²) in [6, 6.07) is 0. The van der Waals surface area contributed by atoms with Gasteiger partial charge in [-0.3, -0.25) is 9.97 Å². The molecule has 0 amide bonds. The van der Waals surface area contributed by atoms with E-state index in [1.807, 2.05) is 0 Å². The molecule has 0 bridgehead atoms. The topological polar surface area (TPSA) is 117 Å². The zero-order valence-electron chi connectivity index (χ0n) is 5.68. The van der Waals surface area contributed by atoms with Gasteiger partial charge < -0.3 is 0 Å². The van der Waals surface area contributed by atoms with Gasteiger partial charge in [-0.25, -0.2) is 0 Å². The van der Waals surface area contributed by atoms with E-state index in [1.165, 1.54) is 0 Å². The first-order valence-electron chi connectivity index (χ1n) is 2.45. The third kappa shape index (κ3) is 23.0. The van der Waals surface area contributed by atoms with E-state index in [4.69, 9.17) is 18.6 Å². The molecule has 1 rings (SSSR count). The first kappa shape index (κ1) is 11.0. The van der Waals surface area contributed by atoms with Crippen LogP contribution in [0.3, 0.4) is 0 Å². The molecule has 8 heteroatoms. The molecule has 0 fully saturated rings. The van der Waals surface area contributed by atoms with E-state index in [1.54, 1.807) is 24.8 Å². The summed E-state index contributed by atoms with van der Waals surface area (Å²) in [5.74, 6) is 0. The maximum atomic E-state index is 8.86. The molecule has 1 aromatic heterocycles. The molecule has 0 aliphatic carbocycles. The minimum Gasteiger partial charge on any atom is -0.262 e. The number of rotatable bonds is 0. The molecule has 7 nitrogen and oxygen atoms in total. The molecule has 0 unspecified atom stereocenters. The Labute approximate surface area is 68.1 Å². The van der Waals surface area contributed by atoms with Gasteiger partial charge in [-0.15, -0.1) is 0 Å². The molecule has 12 heavy (non-hydrogen) atoms. The minimum absolute atomic E-state index is 1.64. The molecule has 70 valence electrons. The molecule has 0 atom stereocenters. The first-order valence-corrected chi connectivity index (χ1v) is 6.13. The van der Waals surface area contributed by atoms with E-state index in [9.17, 15) is 0 Å². The van der Waals surface area contributed by atoms with Gasteiger partial charge in [-0.2, -0.15) is 0 Å². The average Bonchev–Trinajstić information content (AvgIpc) is 1.86. The van der Waals surface area contributed by atoms with Gasteiger partial charge in [-0.1, -0.05) is 0 Å². The summed E-state index contributed by atoms with van der Waals surface area (Å²) in [6.07, 6.45) is 6.56. The Bertz CT molecular complexity index is 354. The normalized spacial score (nSPS) is 13.3. The Balaban J connectivity index is 0.000000202. The van der Waals surface area contributed by atoms with Crippen molar-refractivity contribution in [1.29, 1.82) is 0 Å². The summed E-state index contributed by atoms with van der Waals surface area (Å²) in [6.45, 7) is 0. The van der Waals surface area contributed by atoms with Crippen molar-refractivity contribution in [2.45, 2.75) is 0 Å². The Morgan fingerprint density at radius 3 is 1.08 bits per heavy atom. The Hall–Kier alpha value is -0.977. The van der Waals surface area contributed by atoms with Crippen molar-refractivity contribution in [2.24, 2.45) is 0 Å². The molecule has 1 aromatic rings. The monoisotopic (exact) mass is 264 g/mol. The van der Waals surface area contributed by atoms with Crippen LogP contribution in [0.15, 0.2) is 24.8 Å². The number of aromatic nitrogens is 2. The third-order valence-corrected chi connectivity index (χ3v) is 0.478. The molecule has 0 aliphatic rings. The van der Waals surface area contributed by atoms with Crippen molar-refractivity contribution in [3.63, 3.8) is 0 Å². The first-order chi connectivity index (χ1) is 5.24. The van der Waals surface area contributed by atoms with E-state index in [-0.39, 0.29) is 0 Å². The zero-order valence-corrected chi connectivity index (χ0v) is 7.41. The molecule has 1 heterocycles. The van der Waals surface area contributed by atoms with E-state index in [2.05, 4.69) is 9.97 Å². The van der Waals surface area contributed by atoms with E-state index < -0.39 is 14.2 Å². The second-order valence-corrected chi connectivity index (χ2v) is 4.65. The summed E-state index contributed by atoms with van der Waals surface area (Å²) < 4.78 is 40.7. The molecule has 2 N–H and O–H groups in total. The SMILES string of the molecule is [O]=[Ru](=[O])(=[O])([OH])[OH].c1cnccn1. The second-order valence-electron chi connectivity index (χ2n) is 1.53. The maximum Gasteiger partial charge on any atom is 0.0451 e. The fraction of sp³-hybridized carbons (Fsp3) is 0. The van der Waals surface area contributed by atoms with Crippen LogP contribution in [-0.4, -0.2) is 17.8 Å². The van der Waals surface area contributed by atoms with Crippen LogP contribution in [0.4, 0.5) is 0 Å². The van der Waals surface area contributed by atoms with Crippen molar-refractivity contribution in [3.8, 4) is 0 Å². The van der Waals surface area contributed by atoms with E-state index >= 15 is 0 Å². The summed E-state index contributed by atoms with van der Waals surface area (Å²) in [5.41, 5.74) is 0. The Kier molecular flexibility index (Phi) is 3.32. The van der Waals surface area contributed by atoms with Crippen molar-refractivity contribution < 1.29 is 32.8 Å². The van der Waals surface area contributed by atoms with Crippen molar-refractivity contribution in [1.82, 2.24) is 9.97 Å². The van der Waals surface area contributed by atoms with Gasteiger partial charge in [0.2, 0.25) is 0 Å². The summed E-state index contributed by atoms with van der Waals surface area (Å²) in [5, 5.41) is 0. The summed E-state index contributed by atoms with van der Waals surface area (Å²) in [4.78, 5) is 7.44. The maximum absolute atomic E-state index is 8.86. The zero-order chi connectivity index (χ0) is 9.69. The van der Waals surface area contributed by atoms with Gasteiger partial charge in [0.15, 0.2) is 0 Å². The van der Waals surface area contributed by atoms with Gasteiger partial charge in [0.1, 0.15) is 0 Å². The average molecular weight is 263 g/mol. The molecule has 0 aromatic carbocycles. The fourth-order valence-corrected chi connectivity index (χ4v) is 0.253. The van der Waals surface area contributed by atoms with E-state index in [0.717, 1.165) is 0 Å². The Morgan fingerprint density at radius 2 is 1.00 bits per heavy atom. The molecule has 0 spiro atoms. The van der Waals surface area contributed by atoms with Crippen LogP contribution in [0.1, 0.15) is 0 Å². The molecule has 0 radical (unpaired) electrons. The second kappa shape index (κ2) is 3.62. The number of nitrogens with zero attached hydrogens (tertiary/aromatic N) is 2. The quantitative estimate of drug-likeness (QED) is 0.576. The van der Waals surface area contributed by atoms with Crippen molar-refractivity contribution in [2.75, 3.05) is 0 Å². The van der Waals surface area contributed by atoms with Crippen LogP contribution in [0, 0.1) is 0 Å². The summed E-state index contributed by atoms with van der Waals surface area (Å²) >= 11 is -7.22.